The minimum absolute atomic E-state index is 0.0126. The highest BCUT2D eigenvalue weighted by atomic mass is 32.1. The molecule has 0 aliphatic carbocycles. The van der Waals surface area contributed by atoms with Gasteiger partial charge in [0.1, 0.15) is 11.5 Å². The molecular formula is C11H9FN4O4S. The molecule has 0 aliphatic rings. The number of amides is 1. The first-order chi connectivity index (χ1) is 9.88. The normalized spacial score (nSPS) is 10.3. The molecule has 0 fully saturated rings. The minimum atomic E-state index is -0.940. The molecule has 1 amide bonds. The van der Waals surface area contributed by atoms with Crippen LogP contribution in [0.5, 0.6) is 0 Å². The Hall–Kier alpha value is -2.75. The fourth-order valence-corrected chi connectivity index (χ4v) is 2.20. The molecule has 110 valence electrons. The Morgan fingerprint density at radius 1 is 1.52 bits per heavy atom. The first kappa shape index (κ1) is 14.7. The first-order valence-corrected chi connectivity index (χ1v) is 6.44. The van der Waals surface area contributed by atoms with Crippen LogP contribution >= 0.6 is 11.3 Å². The predicted octanol–water partition coefficient (Wildman–Crippen LogP) is 0.996. The molecule has 1 aromatic heterocycles. The number of anilines is 1. The SMILES string of the molecule is Nc1c(C(=O)NCc2csc(=O)[nH]2)cc(F)cc1[N+](=O)[O-]. The van der Waals surface area contributed by atoms with E-state index >= 15 is 0 Å². The van der Waals surface area contributed by atoms with E-state index < -0.39 is 28.0 Å². The van der Waals surface area contributed by atoms with Gasteiger partial charge in [-0.25, -0.2) is 4.39 Å². The van der Waals surface area contributed by atoms with Crippen molar-refractivity contribution in [3.63, 3.8) is 0 Å². The van der Waals surface area contributed by atoms with Crippen LogP contribution < -0.4 is 15.9 Å². The third-order valence-corrected chi connectivity index (χ3v) is 3.29. The summed E-state index contributed by atoms with van der Waals surface area (Å²) in [7, 11) is 0. The molecule has 8 nitrogen and oxygen atoms in total. The quantitative estimate of drug-likeness (QED) is 0.440. The molecule has 0 aliphatic heterocycles. The highest BCUT2D eigenvalue weighted by Gasteiger charge is 2.21. The van der Waals surface area contributed by atoms with Gasteiger partial charge in [0.2, 0.25) is 0 Å². The van der Waals surface area contributed by atoms with Gasteiger partial charge in [-0.1, -0.05) is 11.3 Å². The summed E-state index contributed by atoms with van der Waals surface area (Å²) in [5.41, 5.74) is 4.53. The topological polar surface area (TPSA) is 131 Å². The average molecular weight is 312 g/mol. The van der Waals surface area contributed by atoms with Gasteiger partial charge in [0.15, 0.2) is 0 Å². The zero-order chi connectivity index (χ0) is 15.6. The summed E-state index contributed by atoms with van der Waals surface area (Å²) in [5.74, 6) is -1.72. The van der Waals surface area contributed by atoms with Crippen molar-refractivity contribution in [1.82, 2.24) is 10.3 Å². The van der Waals surface area contributed by atoms with Gasteiger partial charge in [-0.3, -0.25) is 19.7 Å². The van der Waals surface area contributed by atoms with E-state index in [0.717, 1.165) is 17.4 Å². The Balaban J connectivity index is 2.22. The first-order valence-electron chi connectivity index (χ1n) is 5.56. The molecule has 0 saturated carbocycles. The summed E-state index contributed by atoms with van der Waals surface area (Å²) in [6.07, 6.45) is 0. The fourth-order valence-electron chi connectivity index (χ4n) is 1.61. The number of rotatable bonds is 4. The van der Waals surface area contributed by atoms with Gasteiger partial charge >= 0.3 is 4.87 Å². The number of benzene rings is 1. The lowest BCUT2D eigenvalue weighted by Gasteiger charge is -2.07. The molecular weight excluding hydrogens is 303 g/mol. The molecule has 21 heavy (non-hydrogen) atoms. The van der Waals surface area contributed by atoms with Crippen LogP contribution in [0, 0.1) is 15.9 Å². The molecule has 10 heteroatoms. The van der Waals surface area contributed by atoms with Crippen molar-refractivity contribution in [3.05, 3.63) is 54.4 Å². The van der Waals surface area contributed by atoms with Crippen LogP contribution in [-0.4, -0.2) is 15.8 Å². The lowest BCUT2D eigenvalue weighted by atomic mass is 10.1. The molecule has 2 rings (SSSR count). The monoisotopic (exact) mass is 312 g/mol. The minimum Gasteiger partial charge on any atom is -0.393 e. The Morgan fingerprint density at radius 2 is 2.24 bits per heavy atom. The number of halogens is 1. The number of nitrogen functional groups attached to an aromatic ring is 1. The maximum atomic E-state index is 13.3. The van der Waals surface area contributed by atoms with Gasteiger partial charge in [0, 0.05) is 11.1 Å². The van der Waals surface area contributed by atoms with Gasteiger partial charge in [0.05, 0.1) is 23.1 Å². The number of nitrogens with zero attached hydrogens (tertiary/aromatic N) is 1. The molecule has 4 N–H and O–H groups in total. The summed E-state index contributed by atoms with van der Waals surface area (Å²) < 4.78 is 13.3. The molecule has 1 aromatic carbocycles. The Bertz CT molecular complexity index is 770. The number of carbonyl (C=O) groups is 1. The lowest BCUT2D eigenvalue weighted by Crippen LogP contribution is -2.24. The van der Waals surface area contributed by atoms with E-state index in [1.807, 2.05) is 0 Å². The second-order valence-electron chi connectivity index (χ2n) is 4.00. The summed E-state index contributed by atoms with van der Waals surface area (Å²) >= 11 is 0.927. The van der Waals surface area contributed by atoms with E-state index in [9.17, 15) is 24.1 Å². The van der Waals surface area contributed by atoms with Crippen molar-refractivity contribution in [2.75, 3.05) is 5.73 Å². The molecule has 0 radical (unpaired) electrons. The van der Waals surface area contributed by atoms with Crippen LogP contribution in [0.3, 0.4) is 0 Å². The van der Waals surface area contributed by atoms with E-state index in [1.165, 1.54) is 5.38 Å². The number of aromatic nitrogens is 1. The van der Waals surface area contributed by atoms with E-state index in [0.29, 0.717) is 11.8 Å². The maximum absolute atomic E-state index is 13.3. The van der Waals surface area contributed by atoms with Crippen LogP contribution in [0.2, 0.25) is 0 Å². The van der Waals surface area contributed by atoms with Crippen LogP contribution in [0.1, 0.15) is 16.1 Å². The summed E-state index contributed by atoms with van der Waals surface area (Å²) in [4.78, 5) is 34.9. The molecule has 0 bridgehead atoms. The predicted molar refractivity (Wildman–Crippen MR) is 73.6 cm³/mol. The zero-order valence-corrected chi connectivity index (χ0v) is 11.2. The fraction of sp³-hybridized carbons (Fsp3) is 0.0909. The van der Waals surface area contributed by atoms with Crippen LogP contribution in [0.4, 0.5) is 15.8 Å². The van der Waals surface area contributed by atoms with Gasteiger partial charge in [-0.2, -0.15) is 0 Å². The highest BCUT2D eigenvalue weighted by Crippen LogP contribution is 2.26. The third-order valence-electron chi connectivity index (χ3n) is 2.57. The molecule has 0 spiro atoms. The Kier molecular flexibility index (Phi) is 3.98. The molecule has 0 atom stereocenters. The largest absolute Gasteiger partial charge is 0.393 e. The number of nitro benzene ring substituents is 1. The molecule has 0 saturated heterocycles. The summed E-state index contributed by atoms with van der Waals surface area (Å²) in [6, 6.07) is 1.45. The number of hydrogen-bond donors (Lipinski definition) is 3. The van der Waals surface area contributed by atoms with E-state index in [4.69, 9.17) is 5.73 Å². The number of aromatic amines is 1. The second-order valence-corrected chi connectivity index (χ2v) is 4.84. The standard InChI is InChI=1S/C11H9FN4O4S/c12-5-1-7(9(13)8(2-5)16(19)20)10(17)14-3-6-4-21-11(18)15-6/h1-2,4H,3,13H2,(H,14,17)(H,15,18). The zero-order valence-electron chi connectivity index (χ0n) is 10.4. The number of nitrogens with two attached hydrogens (primary N) is 1. The van der Waals surface area contributed by atoms with Gasteiger partial charge in [0.25, 0.3) is 11.6 Å². The highest BCUT2D eigenvalue weighted by molar-refractivity contribution is 7.07. The number of thiazole rings is 1. The number of carbonyl (C=O) groups excluding carboxylic acids is 1. The van der Waals surface area contributed by atoms with Gasteiger partial charge in [-0.05, 0) is 6.07 Å². The molecule has 1 heterocycles. The van der Waals surface area contributed by atoms with Crippen molar-refractivity contribution in [2.45, 2.75) is 6.54 Å². The van der Waals surface area contributed by atoms with Crippen molar-refractivity contribution in [1.29, 1.82) is 0 Å². The summed E-state index contributed by atoms with van der Waals surface area (Å²) in [6.45, 7) is -0.0126. The average Bonchev–Trinajstić information content (AvgIpc) is 2.83. The maximum Gasteiger partial charge on any atom is 0.304 e. The van der Waals surface area contributed by atoms with Gasteiger partial charge in [-0.15, -0.1) is 0 Å². The van der Waals surface area contributed by atoms with Crippen molar-refractivity contribution < 1.29 is 14.1 Å². The van der Waals surface area contributed by atoms with Crippen LogP contribution in [-0.2, 0) is 6.54 Å². The van der Waals surface area contributed by atoms with Crippen molar-refractivity contribution >= 4 is 28.6 Å². The van der Waals surface area contributed by atoms with Gasteiger partial charge < -0.3 is 16.0 Å². The number of hydrogen-bond acceptors (Lipinski definition) is 6. The smallest absolute Gasteiger partial charge is 0.304 e. The van der Waals surface area contributed by atoms with E-state index in [-0.39, 0.29) is 17.0 Å². The van der Waals surface area contributed by atoms with Crippen LogP contribution in [0.25, 0.3) is 0 Å². The molecule has 2 aromatic rings. The van der Waals surface area contributed by atoms with Crippen molar-refractivity contribution in [2.24, 2.45) is 0 Å². The number of H-pyrrole nitrogens is 1. The lowest BCUT2D eigenvalue weighted by molar-refractivity contribution is -0.384. The van der Waals surface area contributed by atoms with Crippen molar-refractivity contribution in [3.8, 4) is 0 Å². The third kappa shape index (κ3) is 3.23. The number of nitrogens with one attached hydrogen (secondary N) is 2. The molecule has 0 unspecified atom stereocenters. The Labute approximate surface area is 120 Å². The number of nitro groups is 1. The second kappa shape index (κ2) is 5.71. The summed E-state index contributed by atoms with van der Waals surface area (Å²) in [5, 5.41) is 14.6. The van der Waals surface area contributed by atoms with E-state index in [2.05, 4.69) is 10.3 Å². The van der Waals surface area contributed by atoms with E-state index in [1.54, 1.807) is 0 Å². The van der Waals surface area contributed by atoms with Crippen LogP contribution in [0.15, 0.2) is 22.3 Å². The Morgan fingerprint density at radius 3 is 2.81 bits per heavy atom.